The van der Waals surface area contributed by atoms with E-state index in [1.807, 2.05) is 44.2 Å². The molecule has 120 valence electrons. The molecule has 0 unspecified atom stereocenters. The SMILES string of the molecule is Cc1cc(C)c2onc(CC(=O)Nc3ccc4cn[nH]c4c3)c2c1. The highest BCUT2D eigenvalue weighted by Gasteiger charge is 2.14. The summed E-state index contributed by atoms with van der Waals surface area (Å²) in [5.41, 5.74) is 5.13. The van der Waals surface area contributed by atoms with Crippen molar-refractivity contribution in [2.75, 3.05) is 5.32 Å². The van der Waals surface area contributed by atoms with Gasteiger partial charge in [0.2, 0.25) is 5.91 Å². The quantitative estimate of drug-likeness (QED) is 0.605. The number of H-pyrrole nitrogens is 1. The van der Waals surface area contributed by atoms with E-state index in [1.54, 1.807) is 6.20 Å². The van der Waals surface area contributed by atoms with Crippen molar-refractivity contribution in [3.63, 3.8) is 0 Å². The second-order valence-corrected chi connectivity index (χ2v) is 5.98. The molecule has 0 radical (unpaired) electrons. The zero-order chi connectivity index (χ0) is 16.7. The van der Waals surface area contributed by atoms with Gasteiger partial charge in [0, 0.05) is 16.5 Å². The van der Waals surface area contributed by atoms with Gasteiger partial charge in [-0.25, -0.2) is 0 Å². The molecular formula is C18H16N4O2. The topological polar surface area (TPSA) is 83.8 Å². The highest BCUT2D eigenvalue weighted by atomic mass is 16.5. The fraction of sp³-hybridized carbons (Fsp3) is 0.167. The molecule has 0 aliphatic carbocycles. The number of anilines is 1. The van der Waals surface area contributed by atoms with Crippen molar-refractivity contribution in [3.05, 3.63) is 53.3 Å². The number of carbonyl (C=O) groups is 1. The Bertz CT molecular complexity index is 1060. The molecule has 0 aliphatic heterocycles. The normalized spacial score (nSPS) is 11.2. The average Bonchev–Trinajstić information content (AvgIpc) is 3.14. The van der Waals surface area contributed by atoms with E-state index < -0.39 is 0 Å². The maximum Gasteiger partial charge on any atom is 0.230 e. The first kappa shape index (κ1) is 14.4. The number of hydrogen-bond acceptors (Lipinski definition) is 4. The van der Waals surface area contributed by atoms with Gasteiger partial charge in [-0.05, 0) is 49.2 Å². The van der Waals surface area contributed by atoms with E-state index in [0.29, 0.717) is 5.69 Å². The number of fused-ring (bicyclic) bond motifs is 2. The fourth-order valence-corrected chi connectivity index (χ4v) is 2.94. The minimum Gasteiger partial charge on any atom is -0.356 e. The molecule has 0 spiro atoms. The molecule has 4 aromatic rings. The Morgan fingerprint density at radius 1 is 1.25 bits per heavy atom. The molecule has 0 aliphatic rings. The zero-order valence-electron chi connectivity index (χ0n) is 13.4. The van der Waals surface area contributed by atoms with Gasteiger partial charge in [-0.15, -0.1) is 0 Å². The van der Waals surface area contributed by atoms with Crippen LogP contribution in [0, 0.1) is 13.8 Å². The lowest BCUT2D eigenvalue weighted by molar-refractivity contribution is -0.115. The average molecular weight is 320 g/mol. The maximum atomic E-state index is 12.3. The van der Waals surface area contributed by atoms with Crippen molar-refractivity contribution in [2.45, 2.75) is 20.3 Å². The van der Waals surface area contributed by atoms with Crippen molar-refractivity contribution >= 4 is 33.5 Å². The molecule has 2 aromatic carbocycles. The summed E-state index contributed by atoms with van der Waals surface area (Å²) < 4.78 is 5.39. The Labute approximate surface area is 137 Å². The summed E-state index contributed by atoms with van der Waals surface area (Å²) in [6, 6.07) is 9.65. The Morgan fingerprint density at radius 3 is 3.00 bits per heavy atom. The first-order chi connectivity index (χ1) is 11.6. The third-order valence-corrected chi connectivity index (χ3v) is 4.03. The highest BCUT2D eigenvalue weighted by Crippen LogP contribution is 2.24. The lowest BCUT2D eigenvalue weighted by Crippen LogP contribution is -2.14. The number of nitrogens with one attached hydrogen (secondary N) is 2. The smallest absolute Gasteiger partial charge is 0.230 e. The Hall–Kier alpha value is -3.15. The van der Waals surface area contributed by atoms with E-state index in [1.165, 1.54) is 0 Å². The van der Waals surface area contributed by atoms with Gasteiger partial charge in [0.25, 0.3) is 0 Å². The Kier molecular flexibility index (Phi) is 3.30. The minimum absolute atomic E-state index is 0.136. The van der Waals surface area contributed by atoms with Gasteiger partial charge < -0.3 is 9.84 Å². The van der Waals surface area contributed by atoms with Crippen molar-refractivity contribution in [1.82, 2.24) is 15.4 Å². The molecular weight excluding hydrogens is 304 g/mol. The third kappa shape index (κ3) is 2.52. The van der Waals surface area contributed by atoms with Crippen molar-refractivity contribution < 1.29 is 9.32 Å². The molecule has 6 nitrogen and oxygen atoms in total. The van der Waals surface area contributed by atoms with E-state index in [2.05, 4.69) is 20.7 Å². The number of aromatic nitrogens is 3. The summed E-state index contributed by atoms with van der Waals surface area (Å²) in [4.78, 5) is 12.3. The molecule has 0 saturated carbocycles. The molecule has 2 heterocycles. The first-order valence-corrected chi connectivity index (χ1v) is 7.68. The van der Waals surface area contributed by atoms with Crippen LogP contribution >= 0.6 is 0 Å². The molecule has 0 bridgehead atoms. The summed E-state index contributed by atoms with van der Waals surface area (Å²) in [7, 11) is 0. The molecule has 24 heavy (non-hydrogen) atoms. The predicted octanol–water partition coefficient (Wildman–Crippen LogP) is 3.50. The van der Waals surface area contributed by atoms with Crippen LogP contribution in [0.15, 0.2) is 41.1 Å². The summed E-state index contributed by atoms with van der Waals surface area (Å²) >= 11 is 0. The van der Waals surface area contributed by atoms with Crippen molar-refractivity contribution in [3.8, 4) is 0 Å². The van der Waals surface area contributed by atoms with Gasteiger partial charge in [-0.3, -0.25) is 9.89 Å². The van der Waals surface area contributed by atoms with Crippen molar-refractivity contribution in [2.24, 2.45) is 0 Å². The summed E-state index contributed by atoms with van der Waals surface area (Å²) in [6.07, 6.45) is 1.91. The van der Waals surface area contributed by atoms with Crippen LogP contribution in [-0.2, 0) is 11.2 Å². The van der Waals surface area contributed by atoms with E-state index in [-0.39, 0.29) is 12.3 Å². The predicted molar refractivity (Wildman–Crippen MR) is 91.9 cm³/mol. The molecule has 6 heteroatoms. The van der Waals surface area contributed by atoms with Crippen LogP contribution in [0.2, 0.25) is 0 Å². The van der Waals surface area contributed by atoms with E-state index in [0.717, 1.165) is 38.7 Å². The molecule has 1 amide bonds. The van der Waals surface area contributed by atoms with Crippen LogP contribution < -0.4 is 5.32 Å². The van der Waals surface area contributed by atoms with Crippen LogP contribution in [-0.4, -0.2) is 21.3 Å². The Balaban J connectivity index is 1.57. The van der Waals surface area contributed by atoms with Gasteiger partial charge in [-0.1, -0.05) is 11.2 Å². The number of carbonyl (C=O) groups excluding carboxylic acids is 1. The highest BCUT2D eigenvalue weighted by molar-refractivity contribution is 5.96. The van der Waals surface area contributed by atoms with Crippen LogP contribution in [0.5, 0.6) is 0 Å². The number of hydrogen-bond donors (Lipinski definition) is 2. The maximum absolute atomic E-state index is 12.3. The van der Waals surface area contributed by atoms with Crippen LogP contribution in [0.1, 0.15) is 16.8 Å². The summed E-state index contributed by atoms with van der Waals surface area (Å²) in [5, 5.41) is 15.7. The third-order valence-electron chi connectivity index (χ3n) is 4.03. The minimum atomic E-state index is -0.136. The molecule has 0 fully saturated rings. The van der Waals surface area contributed by atoms with Crippen LogP contribution in [0.4, 0.5) is 5.69 Å². The second kappa shape index (κ2) is 5.49. The lowest BCUT2D eigenvalue weighted by atomic mass is 10.1. The number of benzene rings is 2. The van der Waals surface area contributed by atoms with Crippen molar-refractivity contribution in [1.29, 1.82) is 0 Å². The number of rotatable bonds is 3. The molecule has 2 N–H and O–H groups in total. The Morgan fingerprint density at radius 2 is 2.12 bits per heavy atom. The fourth-order valence-electron chi connectivity index (χ4n) is 2.94. The van der Waals surface area contributed by atoms with Crippen LogP contribution in [0.3, 0.4) is 0 Å². The van der Waals surface area contributed by atoms with E-state index in [9.17, 15) is 4.79 Å². The second-order valence-electron chi connectivity index (χ2n) is 5.98. The largest absolute Gasteiger partial charge is 0.356 e. The van der Waals surface area contributed by atoms with E-state index >= 15 is 0 Å². The van der Waals surface area contributed by atoms with Gasteiger partial charge in [0.15, 0.2) is 5.58 Å². The first-order valence-electron chi connectivity index (χ1n) is 7.68. The molecule has 2 aromatic heterocycles. The number of aryl methyl sites for hydroxylation is 2. The number of nitrogens with zero attached hydrogens (tertiary/aromatic N) is 2. The summed E-state index contributed by atoms with van der Waals surface area (Å²) in [6.45, 7) is 3.99. The standard InChI is InChI=1S/C18H16N4O2/c1-10-5-11(2)18-14(6-10)16(22-24-18)8-17(23)20-13-4-3-12-9-19-21-15(12)7-13/h3-7,9H,8H2,1-2H3,(H,19,21)(H,20,23). The van der Waals surface area contributed by atoms with Gasteiger partial charge in [0.05, 0.1) is 18.1 Å². The lowest BCUT2D eigenvalue weighted by Gasteiger charge is -2.04. The van der Waals surface area contributed by atoms with E-state index in [4.69, 9.17) is 4.52 Å². The molecule has 4 rings (SSSR count). The van der Waals surface area contributed by atoms with Gasteiger partial charge in [0.1, 0.15) is 5.69 Å². The summed E-state index contributed by atoms with van der Waals surface area (Å²) in [5.74, 6) is -0.136. The number of amides is 1. The molecule has 0 saturated heterocycles. The molecule has 0 atom stereocenters. The van der Waals surface area contributed by atoms with Gasteiger partial charge in [-0.2, -0.15) is 5.10 Å². The van der Waals surface area contributed by atoms with Crippen LogP contribution in [0.25, 0.3) is 21.9 Å². The number of aromatic amines is 1. The monoisotopic (exact) mass is 320 g/mol. The van der Waals surface area contributed by atoms with Gasteiger partial charge >= 0.3 is 0 Å². The zero-order valence-corrected chi connectivity index (χ0v) is 13.4.